The summed E-state index contributed by atoms with van der Waals surface area (Å²) in [6.07, 6.45) is 3.77. The first-order valence-corrected chi connectivity index (χ1v) is 10.9. The monoisotopic (exact) mass is 434 g/mol. The molecule has 32 heavy (non-hydrogen) atoms. The van der Waals surface area contributed by atoms with E-state index < -0.39 is 0 Å². The highest BCUT2D eigenvalue weighted by Crippen LogP contribution is 2.24. The normalized spacial score (nSPS) is 15.5. The quantitative estimate of drug-likeness (QED) is 0.540. The first-order chi connectivity index (χ1) is 15.5. The average Bonchev–Trinajstić information content (AvgIpc) is 3.49. The van der Waals surface area contributed by atoms with Crippen LogP contribution in [-0.4, -0.2) is 61.0 Å². The van der Waals surface area contributed by atoms with Crippen molar-refractivity contribution in [3.8, 4) is 11.4 Å². The van der Waals surface area contributed by atoms with E-state index in [0.29, 0.717) is 24.5 Å². The van der Waals surface area contributed by atoms with Crippen molar-refractivity contribution in [2.24, 2.45) is 0 Å². The van der Waals surface area contributed by atoms with Gasteiger partial charge in [-0.15, -0.1) is 0 Å². The van der Waals surface area contributed by atoms with Crippen LogP contribution in [0.2, 0.25) is 0 Å². The first kappa shape index (κ1) is 21.9. The van der Waals surface area contributed by atoms with Crippen LogP contribution in [0, 0.1) is 0 Å². The van der Waals surface area contributed by atoms with E-state index in [1.165, 1.54) is 0 Å². The van der Waals surface area contributed by atoms with Crippen LogP contribution < -0.4 is 9.64 Å². The summed E-state index contributed by atoms with van der Waals surface area (Å²) < 4.78 is 13.0. The van der Waals surface area contributed by atoms with E-state index in [9.17, 15) is 4.79 Å². The third kappa shape index (κ3) is 4.94. The Kier molecular flexibility index (Phi) is 6.75. The number of methoxy groups -OCH3 is 1. The number of benzene rings is 2. The number of anilines is 1. The van der Waals surface area contributed by atoms with Crippen molar-refractivity contribution >= 4 is 11.6 Å². The van der Waals surface area contributed by atoms with Gasteiger partial charge in [0, 0.05) is 39.5 Å². The Labute approximate surface area is 189 Å². The third-order valence-electron chi connectivity index (χ3n) is 5.69. The molecule has 0 aliphatic carbocycles. The molecule has 1 fully saturated rings. The summed E-state index contributed by atoms with van der Waals surface area (Å²) in [5, 5.41) is 4.58. The van der Waals surface area contributed by atoms with E-state index in [1.54, 1.807) is 18.0 Å². The summed E-state index contributed by atoms with van der Waals surface area (Å²) in [7, 11) is 5.59. The minimum absolute atomic E-state index is 0.0437. The van der Waals surface area contributed by atoms with Gasteiger partial charge < -0.3 is 19.3 Å². The van der Waals surface area contributed by atoms with E-state index in [4.69, 9.17) is 9.47 Å². The fourth-order valence-electron chi connectivity index (χ4n) is 3.89. The molecule has 4 rings (SSSR count). The van der Waals surface area contributed by atoms with Gasteiger partial charge in [0.05, 0.1) is 25.1 Å². The molecule has 3 aromatic rings. The molecule has 1 saturated heterocycles. The number of hydrogen-bond donors (Lipinski definition) is 0. The number of rotatable bonds is 8. The number of carbonyl (C=O) groups is 1. The summed E-state index contributed by atoms with van der Waals surface area (Å²) in [6.45, 7) is 1.75. The lowest BCUT2D eigenvalue weighted by Crippen LogP contribution is -2.37. The minimum Gasteiger partial charge on any atom is -0.493 e. The molecule has 0 bridgehead atoms. The number of nitrogens with zero attached hydrogens (tertiary/aromatic N) is 4. The smallest absolute Gasteiger partial charge is 0.278 e. The summed E-state index contributed by atoms with van der Waals surface area (Å²) >= 11 is 0. The second kappa shape index (κ2) is 9.87. The summed E-state index contributed by atoms with van der Waals surface area (Å²) in [5.74, 6) is 0.294. The van der Waals surface area contributed by atoms with Crippen molar-refractivity contribution in [2.75, 3.05) is 39.3 Å². The molecule has 1 atom stereocenters. The molecule has 0 saturated carbocycles. The van der Waals surface area contributed by atoms with Gasteiger partial charge in [-0.1, -0.05) is 30.3 Å². The number of para-hydroxylation sites is 1. The van der Waals surface area contributed by atoms with E-state index in [2.05, 4.69) is 34.3 Å². The van der Waals surface area contributed by atoms with Gasteiger partial charge in [-0.05, 0) is 42.7 Å². The van der Waals surface area contributed by atoms with Crippen LogP contribution in [0.3, 0.4) is 0 Å². The van der Waals surface area contributed by atoms with Crippen LogP contribution in [0.15, 0.2) is 60.8 Å². The molecule has 2 aromatic carbocycles. The Morgan fingerprint density at radius 1 is 1.16 bits per heavy atom. The Bertz CT molecular complexity index is 1030. The van der Waals surface area contributed by atoms with Crippen molar-refractivity contribution in [2.45, 2.75) is 25.5 Å². The van der Waals surface area contributed by atoms with Crippen molar-refractivity contribution in [3.63, 3.8) is 0 Å². The number of hydrogen-bond acceptors (Lipinski definition) is 5. The Hall–Kier alpha value is -3.32. The molecule has 0 radical (unpaired) electrons. The molecule has 7 heteroatoms. The maximum Gasteiger partial charge on any atom is 0.278 e. The minimum atomic E-state index is -0.163. The fourth-order valence-corrected chi connectivity index (χ4v) is 3.89. The number of carbonyl (C=O) groups excluding carboxylic acids is 1. The highest BCUT2D eigenvalue weighted by Gasteiger charge is 2.28. The summed E-state index contributed by atoms with van der Waals surface area (Å²) in [4.78, 5) is 17.5. The van der Waals surface area contributed by atoms with Crippen LogP contribution in [-0.2, 0) is 11.3 Å². The molecule has 168 valence electrons. The lowest BCUT2D eigenvalue weighted by molar-refractivity contribution is 0.0500. The van der Waals surface area contributed by atoms with E-state index in [1.807, 2.05) is 49.3 Å². The van der Waals surface area contributed by atoms with Gasteiger partial charge in [-0.2, -0.15) is 5.10 Å². The molecule has 1 aliphatic rings. The van der Waals surface area contributed by atoms with Crippen LogP contribution in [0.4, 0.5) is 5.69 Å². The molecule has 1 unspecified atom stereocenters. The molecule has 1 aromatic heterocycles. The van der Waals surface area contributed by atoms with Crippen molar-refractivity contribution in [3.05, 3.63) is 72.1 Å². The maximum atomic E-state index is 13.6. The summed E-state index contributed by atoms with van der Waals surface area (Å²) in [6, 6.07) is 18.0. The Morgan fingerprint density at radius 2 is 1.91 bits per heavy atom. The zero-order valence-corrected chi connectivity index (χ0v) is 18.9. The van der Waals surface area contributed by atoms with Crippen molar-refractivity contribution < 1.29 is 14.3 Å². The molecule has 7 nitrogen and oxygen atoms in total. The van der Waals surface area contributed by atoms with Gasteiger partial charge in [-0.25, -0.2) is 4.68 Å². The maximum absolute atomic E-state index is 13.6. The van der Waals surface area contributed by atoms with Crippen LogP contribution in [0.5, 0.6) is 5.75 Å². The lowest BCUT2D eigenvalue weighted by atomic mass is 10.1. The zero-order chi connectivity index (χ0) is 22.5. The van der Waals surface area contributed by atoms with Gasteiger partial charge in [-0.3, -0.25) is 4.79 Å². The molecular formula is C25H30N4O3. The highest BCUT2D eigenvalue weighted by molar-refractivity contribution is 5.95. The average molecular weight is 435 g/mol. The molecule has 0 spiro atoms. The molecule has 1 aliphatic heterocycles. The summed E-state index contributed by atoms with van der Waals surface area (Å²) in [5.41, 5.74) is 3.35. The predicted octanol–water partition coefficient (Wildman–Crippen LogP) is 3.77. The van der Waals surface area contributed by atoms with Crippen LogP contribution in [0.25, 0.3) is 5.69 Å². The van der Waals surface area contributed by atoms with Gasteiger partial charge in [0.1, 0.15) is 0 Å². The molecule has 1 amide bonds. The van der Waals surface area contributed by atoms with E-state index >= 15 is 0 Å². The molecule has 2 heterocycles. The predicted molar refractivity (Wildman–Crippen MR) is 125 cm³/mol. The number of amides is 1. The third-order valence-corrected chi connectivity index (χ3v) is 5.69. The van der Waals surface area contributed by atoms with E-state index in [0.717, 1.165) is 36.4 Å². The van der Waals surface area contributed by atoms with Gasteiger partial charge in [0.25, 0.3) is 5.91 Å². The highest BCUT2D eigenvalue weighted by atomic mass is 16.5. The zero-order valence-electron chi connectivity index (χ0n) is 18.9. The standard InChI is InChI=1S/C25H30N4O3/c1-27(2)20-13-11-19(12-14-20)16-28(17-22-10-7-15-32-22)25(30)24-23(31-3)18-29(26-24)21-8-5-4-6-9-21/h4-6,8-9,11-14,18,22H,7,10,15-17H2,1-3H3. The SMILES string of the molecule is COc1cn(-c2ccccc2)nc1C(=O)N(Cc1ccc(N(C)C)cc1)CC1CCCO1. The molecule has 0 N–H and O–H groups in total. The Morgan fingerprint density at radius 3 is 2.53 bits per heavy atom. The lowest BCUT2D eigenvalue weighted by Gasteiger charge is -2.25. The van der Waals surface area contributed by atoms with Gasteiger partial charge >= 0.3 is 0 Å². The first-order valence-electron chi connectivity index (χ1n) is 10.9. The Balaban J connectivity index is 1.61. The largest absolute Gasteiger partial charge is 0.493 e. The topological polar surface area (TPSA) is 59.8 Å². The van der Waals surface area contributed by atoms with Crippen LogP contribution in [0.1, 0.15) is 28.9 Å². The van der Waals surface area contributed by atoms with Gasteiger partial charge in [0.15, 0.2) is 11.4 Å². The van der Waals surface area contributed by atoms with Gasteiger partial charge in [0.2, 0.25) is 0 Å². The van der Waals surface area contributed by atoms with Crippen molar-refractivity contribution in [1.82, 2.24) is 14.7 Å². The van der Waals surface area contributed by atoms with Crippen LogP contribution >= 0.6 is 0 Å². The number of ether oxygens (including phenoxy) is 2. The van der Waals surface area contributed by atoms with E-state index in [-0.39, 0.29) is 12.0 Å². The number of aromatic nitrogens is 2. The second-order valence-electron chi connectivity index (χ2n) is 8.21. The van der Waals surface area contributed by atoms with Crippen molar-refractivity contribution in [1.29, 1.82) is 0 Å². The molecular weight excluding hydrogens is 404 g/mol. The fraction of sp³-hybridized carbons (Fsp3) is 0.360. The second-order valence-corrected chi connectivity index (χ2v) is 8.21.